The average Bonchev–Trinajstić information content (AvgIpc) is 3.39. The molecule has 41 heavy (non-hydrogen) atoms. The van der Waals surface area contributed by atoms with E-state index in [0.29, 0.717) is 18.5 Å². The van der Waals surface area contributed by atoms with Crippen LogP contribution in [0.5, 0.6) is 0 Å². The van der Waals surface area contributed by atoms with E-state index in [1.165, 1.54) is 29.3 Å². The number of nitrogens with zero attached hydrogens (tertiary/aromatic N) is 5. The molecule has 2 aromatic carbocycles. The Morgan fingerprint density at radius 2 is 1.76 bits per heavy atom. The fourth-order valence-electron chi connectivity index (χ4n) is 3.38. The topological polar surface area (TPSA) is 144 Å². The van der Waals surface area contributed by atoms with Crippen molar-refractivity contribution >= 4 is 35.8 Å². The second-order valence-corrected chi connectivity index (χ2v) is 9.01. The maximum Gasteiger partial charge on any atom is 0.407 e. The Labute approximate surface area is 237 Å². The van der Waals surface area contributed by atoms with Gasteiger partial charge in [-0.25, -0.2) is 0 Å². The Bertz CT molecular complexity index is 1200. The van der Waals surface area contributed by atoms with Crippen molar-refractivity contribution in [3.05, 3.63) is 66.2 Å². The van der Waals surface area contributed by atoms with Crippen molar-refractivity contribution < 1.29 is 27.6 Å². The van der Waals surface area contributed by atoms with E-state index in [1.54, 1.807) is 12.1 Å². The van der Waals surface area contributed by atoms with E-state index >= 15 is 0 Å². The van der Waals surface area contributed by atoms with E-state index in [-0.39, 0.29) is 30.6 Å². The van der Waals surface area contributed by atoms with Crippen LogP contribution in [-0.4, -0.2) is 78.9 Å². The summed E-state index contributed by atoms with van der Waals surface area (Å²) >= 11 is 0. The highest BCUT2D eigenvalue weighted by atomic mass is 19.4. The lowest BCUT2D eigenvalue weighted by atomic mass is 10.1. The van der Waals surface area contributed by atoms with Gasteiger partial charge in [0, 0.05) is 25.5 Å². The van der Waals surface area contributed by atoms with E-state index < -0.39 is 24.7 Å². The second kappa shape index (κ2) is 17.8. The van der Waals surface area contributed by atoms with Crippen molar-refractivity contribution in [3.63, 3.8) is 0 Å². The maximum atomic E-state index is 12.3. The minimum atomic E-state index is -4.26. The van der Waals surface area contributed by atoms with Gasteiger partial charge in [-0.15, -0.1) is 0 Å². The van der Waals surface area contributed by atoms with Crippen LogP contribution < -0.4 is 11.2 Å². The summed E-state index contributed by atoms with van der Waals surface area (Å²) in [6, 6.07) is 20.7. The molecule has 10 nitrogen and oxygen atoms in total. The molecule has 1 heterocycles. The first-order valence-electron chi connectivity index (χ1n) is 12.4. The number of carbonyl (C=O) groups excluding carboxylic acids is 3. The van der Waals surface area contributed by atoms with Crippen molar-refractivity contribution in [1.82, 2.24) is 9.80 Å². The number of aliphatic imine (C=N–C) groups is 1. The number of hydrogen-bond acceptors (Lipinski definition) is 7. The predicted octanol–water partition coefficient (Wildman–Crippen LogP) is 3.40. The van der Waals surface area contributed by atoms with E-state index in [0.717, 1.165) is 6.21 Å². The summed E-state index contributed by atoms with van der Waals surface area (Å²) < 4.78 is 34.3. The Morgan fingerprint density at radius 1 is 1.17 bits per heavy atom. The maximum absolute atomic E-state index is 12.3. The highest BCUT2D eigenvalue weighted by Crippen LogP contribution is 2.24. The standard InChI is InChI=1S/C16H18N4O3.C7H8.C5H8F3N3/c1-19(11-21)10-15(22)20-9-12(7-14(20)8-17)16(23)18-13-5-3-2-4-6-13;1-7-5-3-2-4-6-7;1-4(11-9)2-10-3-5(6,7)8/h2-6,11-12,14H,7,9-10H2,1H3,(H,18,23);2-6H,1H3;2H,3,9H2,1H3/b;;10-2?,11-4-. The molecule has 0 aliphatic carbocycles. The zero-order chi connectivity index (χ0) is 30.8. The van der Waals surface area contributed by atoms with Crippen LogP contribution in [0.2, 0.25) is 0 Å². The van der Waals surface area contributed by atoms with Crippen LogP contribution in [0.25, 0.3) is 0 Å². The number of nitriles is 1. The normalized spacial score (nSPS) is 16.4. The van der Waals surface area contributed by atoms with Gasteiger partial charge in [-0.2, -0.15) is 23.5 Å². The van der Waals surface area contributed by atoms with Crippen LogP contribution in [0.15, 0.2) is 70.8 Å². The third kappa shape index (κ3) is 14.3. The second-order valence-electron chi connectivity index (χ2n) is 9.01. The molecule has 13 heteroatoms. The minimum absolute atomic E-state index is 0.102. The van der Waals surface area contributed by atoms with Crippen molar-refractivity contribution in [2.24, 2.45) is 21.9 Å². The average molecular weight is 574 g/mol. The van der Waals surface area contributed by atoms with Gasteiger partial charge in [0.15, 0.2) is 0 Å². The molecule has 2 unspecified atom stereocenters. The van der Waals surface area contributed by atoms with Gasteiger partial charge in [0.2, 0.25) is 18.2 Å². The molecule has 0 saturated carbocycles. The molecule has 0 bridgehead atoms. The number of nitrogens with two attached hydrogens (primary N) is 1. The highest BCUT2D eigenvalue weighted by Gasteiger charge is 2.38. The Morgan fingerprint density at radius 3 is 2.22 bits per heavy atom. The van der Waals surface area contributed by atoms with Gasteiger partial charge in [0.05, 0.1) is 24.2 Å². The number of carbonyl (C=O) groups is 3. The van der Waals surface area contributed by atoms with E-state index in [2.05, 4.69) is 40.5 Å². The number of amides is 3. The highest BCUT2D eigenvalue weighted by molar-refractivity contribution is 6.29. The quantitative estimate of drug-likeness (QED) is 0.226. The van der Waals surface area contributed by atoms with E-state index in [4.69, 9.17) is 5.84 Å². The van der Waals surface area contributed by atoms with Gasteiger partial charge in [0.25, 0.3) is 0 Å². The molecule has 3 amide bonds. The first kappa shape index (κ1) is 34.3. The van der Waals surface area contributed by atoms with Gasteiger partial charge < -0.3 is 21.0 Å². The van der Waals surface area contributed by atoms with Gasteiger partial charge >= 0.3 is 6.18 Å². The number of nitrogens with one attached hydrogen (secondary N) is 1. The largest absolute Gasteiger partial charge is 0.407 e. The number of likely N-dealkylation sites (tertiary alicyclic amines) is 1. The number of likely N-dealkylation sites (N-methyl/N-ethyl adjacent to an activating group) is 1. The number of rotatable bonds is 7. The number of hydrogen-bond donors (Lipinski definition) is 2. The Balaban J connectivity index is 0.000000384. The fourth-order valence-corrected chi connectivity index (χ4v) is 3.38. The zero-order valence-electron chi connectivity index (χ0n) is 23.1. The summed E-state index contributed by atoms with van der Waals surface area (Å²) in [5.74, 6) is 3.75. The van der Waals surface area contributed by atoms with Crippen molar-refractivity contribution in [2.75, 3.05) is 32.0 Å². The summed E-state index contributed by atoms with van der Waals surface area (Å²) in [5.41, 5.74) is 2.26. The molecule has 2 aromatic rings. The fraction of sp³-hybridized carbons (Fsp3) is 0.357. The summed E-state index contributed by atoms with van der Waals surface area (Å²) in [7, 11) is 1.49. The molecule has 1 saturated heterocycles. The molecule has 2 atom stereocenters. The molecule has 3 N–H and O–H groups in total. The number of hydrazone groups is 1. The monoisotopic (exact) mass is 573 g/mol. The van der Waals surface area contributed by atoms with Crippen LogP contribution in [-0.2, 0) is 14.4 Å². The molecule has 0 radical (unpaired) electrons. The van der Waals surface area contributed by atoms with Crippen LogP contribution >= 0.6 is 0 Å². The number of alkyl halides is 3. The first-order valence-corrected chi connectivity index (χ1v) is 12.4. The van der Waals surface area contributed by atoms with Gasteiger partial charge in [-0.1, -0.05) is 54.1 Å². The number of aryl methyl sites for hydroxylation is 1. The molecule has 3 rings (SSSR count). The molecular weight excluding hydrogens is 539 g/mol. The van der Waals surface area contributed by atoms with Gasteiger partial charge in [-0.3, -0.25) is 19.4 Å². The van der Waals surface area contributed by atoms with Crippen molar-refractivity contribution in [1.29, 1.82) is 5.26 Å². The van der Waals surface area contributed by atoms with Crippen molar-refractivity contribution in [3.8, 4) is 6.07 Å². The van der Waals surface area contributed by atoms with Crippen LogP contribution in [0.3, 0.4) is 0 Å². The lowest BCUT2D eigenvalue weighted by Crippen LogP contribution is -2.41. The predicted molar refractivity (Wildman–Crippen MR) is 151 cm³/mol. The van der Waals surface area contributed by atoms with E-state index in [9.17, 15) is 32.8 Å². The summed E-state index contributed by atoms with van der Waals surface area (Å²) in [4.78, 5) is 40.7. The minimum Gasteiger partial charge on any atom is -0.339 e. The number of halogens is 3. The molecule has 1 fully saturated rings. The first-order chi connectivity index (χ1) is 19.4. The number of benzene rings is 2. The van der Waals surface area contributed by atoms with Gasteiger partial charge in [0.1, 0.15) is 12.6 Å². The van der Waals surface area contributed by atoms with Crippen LogP contribution in [0.1, 0.15) is 18.9 Å². The third-order valence-corrected chi connectivity index (χ3v) is 5.44. The summed E-state index contributed by atoms with van der Waals surface area (Å²) in [6.45, 7) is 2.43. The summed E-state index contributed by atoms with van der Waals surface area (Å²) in [6.07, 6.45) is -2.43. The SMILES string of the molecule is C/C(C=NCC(F)(F)F)=N/N.CN(C=O)CC(=O)N1CC(C(=O)Nc2ccccc2)CC1C#N.Cc1ccccc1. The lowest BCUT2D eigenvalue weighted by Gasteiger charge is -2.21. The van der Waals surface area contributed by atoms with Gasteiger partial charge in [-0.05, 0) is 32.4 Å². The lowest BCUT2D eigenvalue weighted by molar-refractivity contribution is -0.135. The van der Waals surface area contributed by atoms with E-state index in [1.807, 2.05) is 36.4 Å². The summed E-state index contributed by atoms with van der Waals surface area (Å²) in [5, 5.41) is 15.1. The smallest absolute Gasteiger partial charge is 0.339 e. The molecular formula is C28H34F3N7O3. The third-order valence-electron chi connectivity index (χ3n) is 5.44. The molecule has 0 spiro atoms. The number of anilines is 1. The molecule has 1 aliphatic rings. The molecule has 220 valence electrons. The van der Waals surface area contributed by atoms with Crippen molar-refractivity contribution in [2.45, 2.75) is 32.5 Å². The molecule has 1 aliphatic heterocycles. The Hall–Kier alpha value is -4.73. The Kier molecular flexibility index (Phi) is 14.9. The zero-order valence-corrected chi connectivity index (χ0v) is 23.1. The number of para-hydroxylation sites is 1. The van der Waals surface area contributed by atoms with Crippen LogP contribution in [0.4, 0.5) is 18.9 Å². The molecule has 0 aromatic heterocycles. The van der Waals surface area contributed by atoms with Crippen LogP contribution in [0, 0.1) is 24.2 Å².